The lowest BCUT2D eigenvalue weighted by Gasteiger charge is -2.92. The smallest absolute Gasteiger partial charge is 0.404 e. The Labute approximate surface area is 133 Å². The van der Waals surface area contributed by atoms with E-state index in [0.29, 0.717) is 31.1 Å². The quantitative estimate of drug-likeness (QED) is 0.802. The Balaban J connectivity index is 1.56. The van der Waals surface area contributed by atoms with Crippen LogP contribution >= 0.6 is 0 Å². The van der Waals surface area contributed by atoms with Gasteiger partial charge in [-0.15, -0.1) is 0 Å². The highest BCUT2D eigenvalue weighted by Crippen LogP contribution is 2.91. The molecule has 0 aromatic heterocycles. The Morgan fingerprint density at radius 3 is 2.35 bits per heavy atom. The maximum Gasteiger partial charge on any atom is 0.404 e. The first kappa shape index (κ1) is 15.7. The molecule has 0 aromatic carbocycles. The predicted molar refractivity (Wildman–Crippen MR) is 75.3 cm³/mol. The maximum absolute atomic E-state index is 13.5. The second-order valence-corrected chi connectivity index (χ2v) is 8.93. The Morgan fingerprint density at radius 2 is 1.91 bits per heavy atom. The predicted octanol–water partition coefficient (Wildman–Crippen LogP) is 3.45. The van der Waals surface area contributed by atoms with Crippen LogP contribution < -0.4 is 0 Å². The molecule has 0 heterocycles. The van der Waals surface area contributed by atoms with E-state index in [1.807, 2.05) is 0 Å². The van der Waals surface area contributed by atoms with Gasteiger partial charge < -0.3 is 9.84 Å². The Hall–Kier alpha value is -0.780. The minimum atomic E-state index is -4.63. The number of hydrogen-bond acceptors (Lipinski definition) is 3. The molecule has 23 heavy (non-hydrogen) atoms. The molecule has 3 nitrogen and oxygen atoms in total. The average molecular weight is 332 g/mol. The Morgan fingerprint density at radius 1 is 1.30 bits per heavy atom. The SMILES string of the molecule is CC(C)CC(C)(C(=O)OC12CC3CC4CC(O)(C1)C432)C(F)(F)F. The molecule has 0 radical (unpaired) electrons. The molecule has 4 fully saturated rings. The second-order valence-electron chi connectivity index (χ2n) is 8.93. The van der Waals surface area contributed by atoms with E-state index in [1.165, 1.54) is 0 Å². The largest absolute Gasteiger partial charge is 0.458 e. The third kappa shape index (κ3) is 1.42. The van der Waals surface area contributed by atoms with Gasteiger partial charge in [-0.05, 0) is 50.4 Å². The summed E-state index contributed by atoms with van der Waals surface area (Å²) in [7, 11) is 0. The van der Waals surface area contributed by atoms with E-state index < -0.39 is 34.2 Å². The van der Waals surface area contributed by atoms with Crippen molar-refractivity contribution < 1.29 is 27.8 Å². The van der Waals surface area contributed by atoms with Crippen molar-refractivity contribution >= 4 is 5.97 Å². The Bertz CT molecular complexity index is 582. The van der Waals surface area contributed by atoms with Crippen molar-refractivity contribution in [3.05, 3.63) is 0 Å². The fourth-order valence-electron chi connectivity index (χ4n) is 6.57. The van der Waals surface area contributed by atoms with Gasteiger partial charge in [-0.1, -0.05) is 13.8 Å². The molecule has 1 N–H and O–H groups in total. The van der Waals surface area contributed by atoms with Gasteiger partial charge in [0.1, 0.15) is 5.60 Å². The van der Waals surface area contributed by atoms with Crippen LogP contribution in [0.3, 0.4) is 0 Å². The van der Waals surface area contributed by atoms with E-state index in [-0.39, 0.29) is 12.3 Å². The standard InChI is InChI=1S/C17H23F3O3/c1-9(2)5-13(3,17(18,19)20)12(21)23-15-7-11-4-10-6-14(22,8-15)16(10,11)15/h9-11,22H,4-8H2,1-3H3. The first-order valence-electron chi connectivity index (χ1n) is 8.44. The highest BCUT2D eigenvalue weighted by atomic mass is 19.4. The molecule has 6 unspecified atom stereocenters. The van der Waals surface area contributed by atoms with Gasteiger partial charge in [0.25, 0.3) is 0 Å². The van der Waals surface area contributed by atoms with Gasteiger partial charge >= 0.3 is 12.1 Å². The monoisotopic (exact) mass is 332 g/mol. The fourth-order valence-corrected chi connectivity index (χ4v) is 6.57. The minimum Gasteiger partial charge on any atom is -0.458 e. The molecule has 4 rings (SSSR count). The van der Waals surface area contributed by atoms with Gasteiger partial charge in [0.2, 0.25) is 0 Å². The van der Waals surface area contributed by atoms with E-state index in [2.05, 4.69) is 0 Å². The number of rotatable bonds is 4. The highest BCUT2D eigenvalue weighted by molar-refractivity contribution is 5.78. The van der Waals surface area contributed by atoms with Crippen molar-refractivity contribution in [1.82, 2.24) is 0 Å². The maximum atomic E-state index is 13.5. The molecule has 4 aliphatic rings. The molecule has 4 aliphatic carbocycles. The van der Waals surface area contributed by atoms with E-state index >= 15 is 0 Å². The van der Waals surface area contributed by atoms with Crippen molar-refractivity contribution in [2.45, 2.75) is 70.3 Å². The summed E-state index contributed by atoms with van der Waals surface area (Å²) in [6.07, 6.45) is -2.25. The average Bonchev–Trinajstić information content (AvgIpc) is 2.30. The number of ether oxygens (including phenoxy) is 1. The molecular formula is C17H23F3O3. The van der Waals surface area contributed by atoms with Crippen molar-refractivity contribution in [2.24, 2.45) is 28.6 Å². The number of carbonyl (C=O) groups excluding carboxylic acids is 1. The van der Waals surface area contributed by atoms with E-state index in [1.54, 1.807) is 13.8 Å². The fraction of sp³-hybridized carbons (Fsp3) is 0.941. The molecule has 4 saturated carbocycles. The first-order valence-corrected chi connectivity index (χ1v) is 8.44. The van der Waals surface area contributed by atoms with Gasteiger partial charge in [-0.25, -0.2) is 0 Å². The summed E-state index contributed by atoms with van der Waals surface area (Å²) in [4.78, 5) is 12.5. The second kappa shape index (κ2) is 3.89. The number of aliphatic hydroxyl groups is 1. The third-order valence-electron chi connectivity index (χ3n) is 7.30. The lowest BCUT2D eigenvalue weighted by atomic mass is 9.15. The van der Waals surface area contributed by atoms with Crippen LogP contribution in [0.25, 0.3) is 0 Å². The molecule has 130 valence electrons. The van der Waals surface area contributed by atoms with Gasteiger partial charge in [0.15, 0.2) is 5.41 Å². The summed E-state index contributed by atoms with van der Waals surface area (Å²) in [6.45, 7) is 4.29. The zero-order valence-corrected chi connectivity index (χ0v) is 13.7. The zero-order chi connectivity index (χ0) is 17.1. The van der Waals surface area contributed by atoms with Crippen LogP contribution in [0.4, 0.5) is 13.2 Å². The van der Waals surface area contributed by atoms with Crippen LogP contribution in [-0.2, 0) is 9.53 Å². The molecule has 0 aromatic rings. The van der Waals surface area contributed by atoms with Gasteiger partial charge in [0.05, 0.1) is 5.60 Å². The van der Waals surface area contributed by atoms with Gasteiger partial charge in [-0.3, -0.25) is 4.79 Å². The summed E-state index contributed by atoms with van der Waals surface area (Å²) in [5.41, 5.74) is -4.49. The van der Waals surface area contributed by atoms with Crippen molar-refractivity contribution in [1.29, 1.82) is 0 Å². The molecule has 0 saturated heterocycles. The number of alkyl halides is 3. The lowest BCUT2D eigenvalue weighted by molar-refractivity contribution is -0.505. The summed E-state index contributed by atoms with van der Waals surface area (Å²) in [5, 5.41) is 10.5. The van der Waals surface area contributed by atoms with Crippen LogP contribution in [0.5, 0.6) is 0 Å². The topological polar surface area (TPSA) is 46.5 Å². The molecule has 0 amide bonds. The summed E-state index contributed by atoms with van der Waals surface area (Å²) < 4.78 is 46.1. The van der Waals surface area contributed by atoms with E-state index in [0.717, 1.165) is 13.3 Å². The van der Waals surface area contributed by atoms with Gasteiger partial charge in [0, 0.05) is 11.8 Å². The third-order valence-corrected chi connectivity index (χ3v) is 7.30. The lowest BCUT2D eigenvalue weighted by Crippen LogP contribution is -2.97. The van der Waals surface area contributed by atoms with Crippen LogP contribution in [0.2, 0.25) is 0 Å². The van der Waals surface area contributed by atoms with Crippen LogP contribution in [0.1, 0.15) is 52.9 Å². The zero-order valence-electron chi connectivity index (χ0n) is 13.7. The Kier molecular flexibility index (Phi) is 2.66. The van der Waals surface area contributed by atoms with Gasteiger partial charge in [-0.2, -0.15) is 13.2 Å². The van der Waals surface area contributed by atoms with Crippen molar-refractivity contribution in [3.63, 3.8) is 0 Å². The summed E-state index contributed by atoms with van der Waals surface area (Å²) in [5.74, 6) is -0.770. The van der Waals surface area contributed by atoms with Crippen LogP contribution in [0.15, 0.2) is 0 Å². The normalized spacial score (nSPS) is 48.7. The summed E-state index contributed by atoms with van der Waals surface area (Å²) >= 11 is 0. The van der Waals surface area contributed by atoms with E-state index in [4.69, 9.17) is 4.74 Å². The number of carbonyl (C=O) groups is 1. The molecule has 6 heteroatoms. The van der Waals surface area contributed by atoms with Crippen molar-refractivity contribution in [2.75, 3.05) is 0 Å². The minimum absolute atomic E-state index is 0.266. The molecule has 1 spiro atoms. The van der Waals surface area contributed by atoms with Crippen molar-refractivity contribution in [3.8, 4) is 0 Å². The first-order chi connectivity index (χ1) is 10.4. The highest BCUT2D eigenvalue weighted by Gasteiger charge is 2.96. The summed E-state index contributed by atoms with van der Waals surface area (Å²) in [6, 6.07) is 0. The molecule has 0 aliphatic heterocycles. The molecule has 0 bridgehead atoms. The van der Waals surface area contributed by atoms with Crippen LogP contribution in [0, 0.1) is 28.6 Å². The molecule has 6 atom stereocenters. The number of halogens is 3. The number of esters is 1. The number of hydrogen-bond donors (Lipinski definition) is 1. The van der Waals surface area contributed by atoms with Crippen LogP contribution in [-0.4, -0.2) is 28.5 Å². The molecular weight excluding hydrogens is 309 g/mol. The van der Waals surface area contributed by atoms with E-state index in [9.17, 15) is 23.1 Å².